The van der Waals surface area contributed by atoms with E-state index in [-0.39, 0.29) is 11.7 Å². The van der Waals surface area contributed by atoms with E-state index >= 15 is 0 Å². The monoisotopic (exact) mass is 511 g/mol. The van der Waals surface area contributed by atoms with Crippen molar-refractivity contribution in [3.05, 3.63) is 90.0 Å². The highest BCUT2D eigenvalue weighted by Crippen LogP contribution is 2.26. The number of fused-ring (bicyclic) bond motifs is 1. The van der Waals surface area contributed by atoms with Crippen LogP contribution in [0.2, 0.25) is 0 Å². The van der Waals surface area contributed by atoms with Gasteiger partial charge >= 0.3 is 0 Å². The number of likely N-dealkylation sites (tertiary alicyclic amines) is 1. The highest BCUT2D eigenvalue weighted by atomic mass is 19.1. The predicted octanol–water partition coefficient (Wildman–Crippen LogP) is 5.03. The fraction of sp³-hybridized carbons (Fsp3) is 0.355. The Morgan fingerprint density at radius 3 is 2.21 bits per heavy atom. The average molecular weight is 512 g/mol. The van der Waals surface area contributed by atoms with Gasteiger partial charge in [-0.1, -0.05) is 29.8 Å². The molecule has 6 rings (SSSR count). The van der Waals surface area contributed by atoms with Gasteiger partial charge in [-0.05, 0) is 81.4 Å². The Kier molecular flexibility index (Phi) is 6.85. The second kappa shape index (κ2) is 10.6. The Balaban J connectivity index is 1.07. The van der Waals surface area contributed by atoms with E-state index < -0.39 is 0 Å². The molecule has 7 heteroatoms. The number of hydrogen-bond donors (Lipinski definition) is 0. The van der Waals surface area contributed by atoms with Crippen molar-refractivity contribution in [2.45, 2.75) is 26.3 Å². The van der Waals surface area contributed by atoms with Crippen LogP contribution in [0, 0.1) is 18.7 Å². The third-order valence-electron chi connectivity index (χ3n) is 8.01. The Hall–Kier alpha value is -3.71. The van der Waals surface area contributed by atoms with E-state index in [2.05, 4.69) is 56.5 Å². The van der Waals surface area contributed by atoms with Crippen LogP contribution in [-0.4, -0.2) is 64.5 Å². The number of aromatic nitrogens is 2. The molecular weight excluding hydrogens is 477 g/mol. The van der Waals surface area contributed by atoms with Crippen LogP contribution >= 0.6 is 0 Å². The lowest BCUT2D eigenvalue weighted by molar-refractivity contribution is -0.137. The van der Waals surface area contributed by atoms with Crippen LogP contribution in [-0.2, 0) is 11.3 Å². The first-order chi connectivity index (χ1) is 18.5. The number of piperidine rings is 1. The molecule has 1 amide bonds. The fourth-order valence-corrected chi connectivity index (χ4v) is 5.80. The third kappa shape index (κ3) is 5.03. The highest BCUT2D eigenvalue weighted by Gasteiger charge is 2.31. The first kappa shape index (κ1) is 24.6. The Labute approximate surface area is 223 Å². The van der Waals surface area contributed by atoms with Crippen LogP contribution in [0.4, 0.5) is 10.1 Å². The lowest BCUT2D eigenvalue weighted by atomic mass is 9.95. The zero-order valence-electron chi connectivity index (χ0n) is 21.9. The number of halogens is 1. The van der Waals surface area contributed by atoms with Gasteiger partial charge in [0.15, 0.2) is 0 Å². The van der Waals surface area contributed by atoms with Gasteiger partial charge in [0, 0.05) is 43.5 Å². The number of carbonyl (C=O) groups is 1. The predicted molar refractivity (Wildman–Crippen MR) is 149 cm³/mol. The number of rotatable bonds is 5. The van der Waals surface area contributed by atoms with Gasteiger partial charge in [0.05, 0.1) is 17.6 Å². The second-order valence-corrected chi connectivity index (χ2v) is 10.5. The maximum Gasteiger partial charge on any atom is 0.225 e. The summed E-state index contributed by atoms with van der Waals surface area (Å²) in [5.74, 6) is 1.10. The molecule has 3 aromatic carbocycles. The zero-order chi connectivity index (χ0) is 26.1. The van der Waals surface area contributed by atoms with Gasteiger partial charge in [-0.25, -0.2) is 9.37 Å². The molecule has 2 fully saturated rings. The van der Waals surface area contributed by atoms with E-state index in [1.54, 1.807) is 12.1 Å². The summed E-state index contributed by atoms with van der Waals surface area (Å²) in [6.45, 7) is 7.87. The summed E-state index contributed by atoms with van der Waals surface area (Å²) < 4.78 is 15.7. The summed E-state index contributed by atoms with van der Waals surface area (Å²) in [5.41, 5.74) is 5.36. The summed E-state index contributed by atoms with van der Waals surface area (Å²) in [6.07, 6.45) is 1.74. The van der Waals surface area contributed by atoms with Crippen LogP contribution in [0.1, 0.15) is 24.2 Å². The summed E-state index contributed by atoms with van der Waals surface area (Å²) in [6, 6.07) is 23.3. The zero-order valence-corrected chi connectivity index (χ0v) is 21.9. The average Bonchev–Trinajstić information content (AvgIpc) is 3.32. The number of imidazole rings is 1. The van der Waals surface area contributed by atoms with E-state index in [0.29, 0.717) is 12.5 Å². The molecule has 2 aliphatic heterocycles. The Morgan fingerprint density at radius 2 is 1.50 bits per heavy atom. The summed E-state index contributed by atoms with van der Waals surface area (Å²) >= 11 is 0. The highest BCUT2D eigenvalue weighted by molar-refractivity contribution is 5.79. The Morgan fingerprint density at radius 1 is 0.842 bits per heavy atom. The van der Waals surface area contributed by atoms with Crippen molar-refractivity contribution in [2.24, 2.45) is 5.92 Å². The van der Waals surface area contributed by atoms with Crippen molar-refractivity contribution in [2.75, 3.05) is 44.2 Å². The smallest absolute Gasteiger partial charge is 0.225 e. The number of benzene rings is 3. The molecule has 0 aliphatic carbocycles. The molecule has 0 bridgehead atoms. The van der Waals surface area contributed by atoms with E-state index in [9.17, 15) is 9.18 Å². The molecule has 6 nitrogen and oxygen atoms in total. The minimum absolute atomic E-state index is 0.0908. The fourth-order valence-electron chi connectivity index (χ4n) is 5.80. The van der Waals surface area contributed by atoms with Crippen molar-refractivity contribution in [1.29, 1.82) is 0 Å². The van der Waals surface area contributed by atoms with E-state index in [0.717, 1.165) is 74.7 Å². The van der Waals surface area contributed by atoms with Crippen LogP contribution in [0.3, 0.4) is 0 Å². The van der Waals surface area contributed by atoms with E-state index in [4.69, 9.17) is 4.98 Å². The largest absolute Gasteiger partial charge is 0.368 e. The molecule has 1 aromatic heterocycles. The number of hydrogen-bond acceptors (Lipinski definition) is 4. The van der Waals surface area contributed by atoms with Gasteiger partial charge in [-0.2, -0.15) is 0 Å². The molecule has 4 aromatic rings. The maximum atomic E-state index is 13.6. The molecule has 0 unspecified atom stereocenters. The third-order valence-corrected chi connectivity index (χ3v) is 8.01. The van der Waals surface area contributed by atoms with E-state index in [1.165, 1.54) is 23.4 Å². The molecule has 0 atom stereocenters. The van der Waals surface area contributed by atoms with Crippen LogP contribution in [0.5, 0.6) is 0 Å². The van der Waals surface area contributed by atoms with Crippen molar-refractivity contribution >= 4 is 22.6 Å². The quantitative estimate of drug-likeness (QED) is 0.377. The number of anilines is 1. The van der Waals surface area contributed by atoms with Crippen LogP contribution < -0.4 is 4.90 Å². The van der Waals surface area contributed by atoms with Gasteiger partial charge in [0.25, 0.3) is 0 Å². The molecule has 0 saturated carbocycles. The van der Waals surface area contributed by atoms with Crippen molar-refractivity contribution < 1.29 is 9.18 Å². The molecule has 0 radical (unpaired) electrons. The standard InChI is InChI=1S/C31H34FN5O/c1-23-6-10-26(11-7-23)35-18-20-36(21-19-35)31(38)24-14-16-34(17-15-24)22-30-33-28-4-2-3-5-29(28)37(30)27-12-8-25(32)9-13-27/h2-13,24H,14-22H2,1H3. The number of carbonyl (C=O) groups excluding carboxylic acids is 1. The minimum atomic E-state index is -0.247. The molecular formula is C31H34FN5O. The number of aryl methyl sites for hydroxylation is 1. The molecule has 0 spiro atoms. The van der Waals surface area contributed by atoms with E-state index in [1.807, 2.05) is 18.2 Å². The molecule has 3 heterocycles. The number of piperazine rings is 1. The topological polar surface area (TPSA) is 44.6 Å². The molecule has 2 aliphatic rings. The SMILES string of the molecule is Cc1ccc(N2CCN(C(=O)C3CCN(Cc4nc5ccccc5n4-c4ccc(F)cc4)CC3)CC2)cc1. The number of nitrogens with zero attached hydrogens (tertiary/aromatic N) is 5. The summed E-state index contributed by atoms with van der Waals surface area (Å²) in [5, 5.41) is 0. The minimum Gasteiger partial charge on any atom is -0.368 e. The van der Waals surface area contributed by atoms with Gasteiger partial charge < -0.3 is 9.80 Å². The van der Waals surface area contributed by atoms with Gasteiger partial charge in [-0.15, -0.1) is 0 Å². The van der Waals surface area contributed by atoms with Crippen molar-refractivity contribution in [3.8, 4) is 5.69 Å². The lowest BCUT2D eigenvalue weighted by Crippen LogP contribution is -2.51. The van der Waals surface area contributed by atoms with Crippen molar-refractivity contribution in [3.63, 3.8) is 0 Å². The van der Waals surface area contributed by atoms with Crippen molar-refractivity contribution in [1.82, 2.24) is 19.4 Å². The molecule has 0 N–H and O–H groups in total. The number of amides is 1. The Bertz CT molecular complexity index is 1400. The molecule has 196 valence electrons. The number of para-hydroxylation sites is 2. The summed E-state index contributed by atoms with van der Waals surface area (Å²) in [4.78, 5) is 25.1. The normalized spacial score (nSPS) is 17.3. The molecule has 38 heavy (non-hydrogen) atoms. The summed E-state index contributed by atoms with van der Waals surface area (Å²) in [7, 11) is 0. The second-order valence-electron chi connectivity index (χ2n) is 10.5. The van der Waals surface area contributed by atoms with Crippen LogP contribution in [0.25, 0.3) is 16.7 Å². The first-order valence-electron chi connectivity index (χ1n) is 13.6. The lowest BCUT2D eigenvalue weighted by Gasteiger charge is -2.39. The van der Waals surface area contributed by atoms with Gasteiger partial charge in [0.2, 0.25) is 5.91 Å². The van der Waals surface area contributed by atoms with Gasteiger partial charge in [-0.3, -0.25) is 14.3 Å². The van der Waals surface area contributed by atoms with Gasteiger partial charge in [0.1, 0.15) is 11.6 Å². The van der Waals surface area contributed by atoms with Crippen LogP contribution in [0.15, 0.2) is 72.8 Å². The maximum absolute atomic E-state index is 13.6. The molecule has 2 saturated heterocycles. The first-order valence-corrected chi connectivity index (χ1v) is 13.6.